The molecule has 120 valence electrons. The summed E-state index contributed by atoms with van der Waals surface area (Å²) in [5, 5.41) is 13.1. The van der Waals surface area contributed by atoms with Crippen molar-refractivity contribution in [2.45, 2.75) is 11.8 Å². The van der Waals surface area contributed by atoms with Crippen molar-refractivity contribution in [3.05, 3.63) is 59.7 Å². The molecule has 0 fully saturated rings. The van der Waals surface area contributed by atoms with E-state index in [9.17, 15) is 23.1 Å². The van der Waals surface area contributed by atoms with Gasteiger partial charge in [0, 0.05) is 5.56 Å². The van der Waals surface area contributed by atoms with Crippen molar-refractivity contribution in [3.8, 4) is 0 Å². The van der Waals surface area contributed by atoms with Gasteiger partial charge in [-0.1, -0.05) is 35.9 Å². The van der Waals surface area contributed by atoms with Gasteiger partial charge >= 0.3 is 6.03 Å². The van der Waals surface area contributed by atoms with Crippen LogP contribution in [0.2, 0.25) is 0 Å². The minimum Gasteiger partial charge on any atom is -0.545 e. The van der Waals surface area contributed by atoms with E-state index < -0.39 is 22.0 Å². The molecule has 0 aromatic heterocycles. The highest BCUT2D eigenvalue weighted by molar-refractivity contribution is 7.90. The summed E-state index contributed by atoms with van der Waals surface area (Å²) < 4.78 is 25.9. The zero-order valence-corrected chi connectivity index (χ0v) is 12.9. The molecule has 2 aromatic carbocycles. The van der Waals surface area contributed by atoms with E-state index in [1.54, 1.807) is 19.1 Å². The van der Waals surface area contributed by atoms with Gasteiger partial charge in [0.2, 0.25) is 0 Å². The first-order chi connectivity index (χ1) is 10.8. The first kappa shape index (κ1) is 16.5. The van der Waals surface area contributed by atoms with Gasteiger partial charge in [0.25, 0.3) is 10.0 Å². The largest absolute Gasteiger partial charge is 0.545 e. The minimum absolute atomic E-state index is 0.0656. The van der Waals surface area contributed by atoms with Crippen LogP contribution in [0.15, 0.2) is 53.4 Å². The number of urea groups is 1. The Labute approximate surface area is 133 Å². The third kappa shape index (κ3) is 4.07. The molecule has 7 nitrogen and oxygen atoms in total. The van der Waals surface area contributed by atoms with Crippen LogP contribution in [0.25, 0.3) is 0 Å². The number of hydrogen-bond donors (Lipinski definition) is 2. The van der Waals surface area contributed by atoms with Gasteiger partial charge in [0.1, 0.15) is 0 Å². The number of anilines is 1. The van der Waals surface area contributed by atoms with E-state index in [1.165, 1.54) is 36.4 Å². The first-order valence-corrected chi connectivity index (χ1v) is 7.99. The molecule has 0 heterocycles. The summed E-state index contributed by atoms with van der Waals surface area (Å²) in [6, 6.07) is 10.4. The third-order valence-corrected chi connectivity index (χ3v) is 4.30. The zero-order chi connectivity index (χ0) is 17.0. The number of nitrogens with one attached hydrogen (secondary N) is 2. The fourth-order valence-electron chi connectivity index (χ4n) is 1.82. The van der Waals surface area contributed by atoms with E-state index >= 15 is 0 Å². The molecule has 0 aliphatic rings. The van der Waals surface area contributed by atoms with Gasteiger partial charge in [0.15, 0.2) is 0 Å². The van der Waals surface area contributed by atoms with Crippen molar-refractivity contribution in [1.29, 1.82) is 0 Å². The Morgan fingerprint density at radius 3 is 2.22 bits per heavy atom. The number of amides is 2. The minimum atomic E-state index is -4.05. The lowest BCUT2D eigenvalue weighted by Crippen LogP contribution is -2.35. The topological polar surface area (TPSA) is 115 Å². The molecule has 0 aliphatic carbocycles. The zero-order valence-electron chi connectivity index (χ0n) is 12.1. The lowest BCUT2D eigenvalue weighted by atomic mass is 10.2. The Hall–Kier alpha value is -2.87. The Balaban J connectivity index is 2.16. The van der Waals surface area contributed by atoms with E-state index in [-0.39, 0.29) is 16.1 Å². The van der Waals surface area contributed by atoms with Crippen LogP contribution in [0, 0.1) is 6.92 Å². The van der Waals surface area contributed by atoms with Gasteiger partial charge in [-0.25, -0.2) is 17.9 Å². The Bertz CT molecular complexity index is 844. The number of aromatic carboxylic acids is 1. The highest BCUT2D eigenvalue weighted by Crippen LogP contribution is 2.15. The average molecular weight is 333 g/mol. The summed E-state index contributed by atoms with van der Waals surface area (Å²) in [5.41, 5.74) is 0.552. The summed E-state index contributed by atoms with van der Waals surface area (Å²) in [5.74, 6) is -1.48. The summed E-state index contributed by atoms with van der Waals surface area (Å²) in [4.78, 5) is 22.7. The van der Waals surface area contributed by atoms with E-state index in [1.807, 2.05) is 4.72 Å². The van der Waals surface area contributed by atoms with E-state index in [2.05, 4.69) is 5.32 Å². The molecule has 0 bridgehead atoms. The van der Waals surface area contributed by atoms with Gasteiger partial charge in [-0.05, 0) is 25.1 Å². The fraction of sp³-hybridized carbons (Fsp3) is 0.0667. The van der Waals surface area contributed by atoms with Gasteiger partial charge in [0.05, 0.1) is 16.6 Å². The number of benzene rings is 2. The number of sulfonamides is 1. The molecule has 0 saturated heterocycles. The molecule has 0 aliphatic heterocycles. The summed E-state index contributed by atoms with van der Waals surface area (Å²) in [6.07, 6.45) is 0. The molecular weight excluding hydrogens is 320 g/mol. The van der Waals surface area contributed by atoms with Crippen LogP contribution in [0.4, 0.5) is 10.5 Å². The van der Waals surface area contributed by atoms with Crippen LogP contribution in [0.3, 0.4) is 0 Å². The predicted molar refractivity (Wildman–Crippen MR) is 81.3 cm³/mol. The molecule has 8 heteroatoms. The van der Waals surface area contributed by atoms with Gasteiger partial charge in [-0.2, -0.15) is 0 Å². The molecule has 2 rings (SSSR count). The van der Waals surface area contributed by atoms with E-state index in [0.29, 0.717) is 0 Å². The summed E-state index contributed by atoms with van der Waals surface area (Å²) >= 11 is 0. The Morgan fingerprint density at radius 1 is 1.00 bits per heavy atom. The number of carbonyl (C=O) groups is 2. The number of hydrogen-bond acceptors (Lipinski definition) is 5. The number of para-hydroxylation sites is 1. The molecule has 2 amide bonds. The second-order valence-corrected chi connectivity index (χ2v) is 6.39. The van der Waals surface area contributed by atoms with Crippen molar-refractivity contribution in [2.75, 3.05) is 5.32 Å². The standard InChI is InChI=1S/C15H14N2O5S/c1-10-6-8-11(9-7-10)23(21,22)17-15(20)16-13-5-3-2-4-12(13)14(18)19/h2-9H,1H3,(H,18,19)(H2,16,17,20)/p-1. The van der Waals surface area contributed by atoms with Crippen LogP contribution < -0.4 is 15.1 Å². The van der Waals surface area contributed by atoms with Crippen LogP contribution in [0.1, 0.15) is 15.9 Å². The van der Waals surface area contributed by atoms with Crippen molar-refractivity contribution in [1.82, 2.24) is 4.72 Å². The monoisotopic (exact) mass is 333 g/mol. The lowest BCUT2D eigenvalue weighted by Gasteiger charge is -2.12. The molecule has 0 spiro atoms. The number of rotatable bonds is 4. The average Bonchev–Trinajstić information content (AvgIpc) is 2.47. The normalized spacial score (nSPS) is 10.8. The quantitative estimate of drug-likeness (QED) is 0.861. The van der Waals surface area contributed by atoms with Crippen LogP contribution in [-0.2, 0) is 10.0 Å². The van der Waals surface area contributed by atoms with Crippen molar-refractivity contribution < 1.29 is 23.1 Å². The maximum atomic E-state index is 12.1. The molecule has 2 N–H and O–H groups in total. The third-order valence-electron chi connectivity index (χ3n) is 2.95. The smallest absolute Gasteiger partial charge is 0.333 e. The van der Waals surface area contributed by atoms with Crippen LogP contribution in [0.5, 0.6) is 0 Å². The van der Waals surface area contributed by atoms with Crippen molar-refractivity contribution >= 4 is 27.7 Å². The van der Waals surface area contributed by atoms with E-state index in [0.717, 1.165) is 5.56 Å². The SMILES string of the molecule is Cc1ccc(S(=O)(=O)NC(=O)Nc2ccccc2C(=O)[O-])cc1. The molecule has 0 atom stereocenters. The first-order valence-electron chi connectivity index (χ1n) is 6.50. The number of carboxylic acids is 1. The lowest BCUT2D eigenvalue weighted by molar-refractivity contribution is -0.254. The maximum absolute atomic E-state index is 12.1. The second kappa shape index (κ2) is 6.49. The number of carbonyl (C=O) groups excluding carboxylic acids is 2. The summed E-state index contributed by atoms with van der Waals surface area (Å²) in [7, 11) is -4.05. The van der Waals surface area contributed by atoms with Gasteiger partial charge in [-0.3, -0.25) is 0 Å². The van der Waals surface area contributed by atoms with Gasteiger partial charge < -0.3 is 15.2 Å². The van der Waals surface area contributed by atoms with Gasteiger partial charge in [-0.15, -0.1) is 0 Å². The molecular formula is C15H13N2O5S-. The Morgan fingerprint density at radius 2 is 1.61 bits per heavy atom. The highest BCUT2D eigenvalue weighted by Gasteiger charge is 2.18. The molecule has 0 unspecified atom stereocenters. The summed E-state index contributed by atoms with van der Waals surface area (Å²) in [6.45, 7) is 1.80. The second-order valence-electron chi connectivity index (χ2n) is 4.71. The highest BCUT2D eigenvalue weighted by atomic mass is 32.2. The maximum Gasteiger partial charge on any atom is 0.333 e. The number of aryl methyl sites for hydroxylation is 1. The van der Waals surface area contributed by atoms with Crippen LogP contribution in [-0.4, -0.2) is 20.4 Å². The van der Waals surface area contributed by atoms with E-state index in [4.69, 9.17) is 0 Å². The number of carboxylic acid groups (broad SMARTS) is 1. The van der Waals surface area contributed by atoms with Crippen molar-refractivity contribution in [3.63, 3.8) is 0 Å². The fourth-order valence-corrected chi connectivity index (χ4v) is 2.72. The van der Waals surface area contributed by atoms with Crippen molar-refractivity contribution in [2.24, 2.45) is 0 Å². The molecule has 23 heavy (non-hydrogen) atoms. The molecule has 0 saturated carbocycles. The molecule has 0 radical (unpaired) electrons. The predicted octanol–water partition coefficient (Wildman–Crippen LogP) is 0.869. The van der Waals surface area contributed by atoms with Crippen LogP contribution >= 0.6 is 0 Å². The molecule has 2 aromatic rings. The Kier molecular flexibility index (Phi) is 4.65.